The highest BCUT2D eigenvalue weighted by Crippen LogP contribution is 2.18. The second-order valence-electron chi connectivity index (χ2n) is 3.57. The molecule has 5 heteroatoms. The van der Waals surface area contributed by atoms with E-state index in [2.05, 4.69) is 6.58 Å². The maximum Gasteiger partial charge on any atom is 0.147 e. The molecule has 0 saturated carbocycles. The van der Waals surface area contributed by atoms with E-state index in [9.17, 15) is 0 Å². The number of rotatable bonds is 10. The molecule has 0 spiro atoms. The third-order valence-electron chi connectivity index (χ3n) is 2.38. The normalized spacial score (nSPS) is 14.3. The molecule has 100 valence electrons. The predicted molar refractivity (Wildman–Crippen MR) is 77.7 cm³/mol. The molecule has 2 atom stereocenters. The van der Waals surface area contributed by atoms with Gasteiger partial charge in [-0.2, -0.15) is 0 Å². The maximum atomic E-state index is 5.57. The molecule has 0 aromatic heterocycles. The Labute approximate surface area is 114 Å². The lowest BCUT2D eigenvalue weighted by molar-refractivity contribution is -0.101. The monoisotopic (exact) mass is 278 g/mol. The topological polar surface area (TPSA) is 27.7 Å². The van der Waals surface area contributed by atoms with Gasteiger partial charge in [0.05, 0.1) is 19.3 Å². The van der Waals surface area contributed by atoms with Crippen molar-refractivity contribution >= 4 is 28.2 Å². The second-order valence-corrected chi connectivity index (χ2v) is 5.22. The summed E-state index contributed by atoms with van der Waals surface area (Å²) in [7, 11) is 1.64. The van der Waals surface area contributed by atoms with Crippen LogP contribution in [0.1, 0.15) is 13.3 Å². The van der Waals surface area contributed by atoms with E-state index in [0.29, 0.717) is 13.2 Å². The van der Waals surface area contributed by atoms with Crippen LogP contribution in [0.5, 0.6) is 0 Å². The van der Waals surface area contributed by atoms with Crippen molar-refractivity contribution in [2.24, 2.45) is 5.92 Å². The van der Waals surface area contributed by atoms with Crippen LogP contribution in [0, 0.1) is 5.92 Å². The van der Waals surface area contributed by atoms with Crippen molar-refractivity contribution in [2.45, 2.75) is 19.4 Å². The molecule has 0 bridgehead atoms. The van der Waals surface area contributed by atoms with Crippen LogP contribution in [0.25, 0.3) is 0 Å². The van der Waals surface area contributed by atoms with Gasteiger partial charge in [-0.1, -0.05) is 18.3 Å². The number of hydrogen-bond acceptors (Lipinski definition) is 5. The van der Waals surface area contributed by atoms with E-state index in [0.717, 1.165) is 10.6 Å². The molecule has 0 amide bonds. The van der Waals surface area contributed by atoms with Crippen LogP contribution in [0.4, 0.5) is 0 Å². The van der Waals surface area contributed by atoms with E-state index in [1.54, 1.807) is 18.9 Å². The molecule has 0 saturated heterocycles. The van der Waals surface area contributed by atoms with Crippen molar-refractivity contribution in [3.63, 3.8) is 0 Å². The molecular formula is C12H22O3S2. The predicted octanol–water partition coefficient (Wildman–Crippen LogP) is 2.89. The molecule has 3 nitrogen and oxygen atoms in total. The fraction of sp³-hybridized carbons (Fsp3) is 0.750. The molecule has 0 N–H and O–H groups in total. The highest BCUT2D eigenvalue weighted by molar-refractivity contribution is 8.22. The fourth-order valence-electron chi connectivity index (χ4n) is 1.20. The Morgan fingerprint density at radius 1 is 1.47 bits per heavy atom. The lowest BCUT2D eigenvalue weighted by Crippen LogP contribution is -2.22. The first-order chi connectivity index (χ1) is 8.15. The number of thioether (sulfide) groups is 1. The third-order valence-corrected chi connectivity index (χ3v) is 3.67. The summed E-state index contributed by atoms with van der Waals surface area (Å²) < 4.78 is 16.7. The van der Waals surface area contributed by atoms with E-state index >= 15 is 0 Å². The van der Waals surface area contributed by atoms with Crippen molar-refractivity contribution in [3.05, 3.63) is 12.7 Å². The van der Waals surface area contributed by atoms with Gasteiger partial charge in [0, 0.05) is 17.2 Å². The molecule has 0 heterocycles. The first-order valence-corrected chi connectivity index (χ1v) is 7.16. The average molecular weight is 278 g/mol. The van der Waals surface area contributed by atoms with E-state index in [-0.39, 0.29) is 18.8 Å². The molecule has 0 aromatic rings. The van der Waals surface area contributed by atoms with Gasteiger partial charge in [-0.25, -0.2) is 0 Å². The molecule has 0 fully saturated rings. The maximum absolute atomic E-state index is 5.57. The van der Waals surface area contributed by atoms with Gasteiger partial charge in [-0.15, -0.1) is 18.3 Å². The molecule has 0 aliphatic heterocycles. The quantitative estimate of drug-likeness (QED) is 0.265. The molecule has 0 aromatic carbocycles. The van der Waals surface area contributed by atoms with Crippen LogP contribution >= 0.6 is 24.0 Å². The van der Waals surface area contributed by atoms with E-state index < -0.39 is 0 Å². The zero-order valence-electron chi connectivity index (χ0n) is 10.8. The number of thiocarbonyl (C=S) groups is 1. The van der Waals surface area contributed by atoms with Gasteiger partial charge in [0.2, 0.25) is 0 Å². The molecule has 17 heavy (non-hydrogen) atoms. The summed E-state index contributed by atoms with van der Waals surface area (Å²) in [5.41, 5.74) is 0. The Morgan fingerprint density at radius 3 is 2.71 bits per heavy atom. The number of methoxy groups -OCH3 is 1. The Hall–Kier alpha value is 0.0600. The van der Waals surface area contributed by atoms with E-state index in [4.69, 9.17) is 26.4 Å². The van der Waals surface area contributed by atoms with Gasteiger partial charge in [-0.3, -0.25) is 0 Å². The molecule has 0 rings (SSSR count). The third kappa shape index (κ3) is 8.74. The first-order valence-electron chi connectivity index (χ1n) is 5.53. The summed E-state index contributed by atoms with van der Waals surface area (Å²) in [6.45, 7) is 7.23. The summed E-state index contributed by atoms with van der Waals surface area (Å²) in [5, 5.41) is 0. The zero-order chi connectivity index (χ0) is 13.1. The van der Waals surface area contributed by atoms with Gasteiger partial charge < -0.3 is 14.2 Å². The summed E-state index contributed by atoms with van der Waals surface area (Å²) in [6.07, 6.45) is 4.75. The molecule has 0 aliphatic carbocycles. The Kier molecular flexibility index (Phi) is 11.2. The summed E-state index contributed by atoms with van der Waals surface area (Å²) in [6, 6.07) is 0. The molecular weight excluding hydrogens is 256 g/mol. The first kappa shape index (κ1) is 17.1. The van der Waals surface area contributed by atoms with Gasteiger partial charge in [-0.05, 0) is 19.6 Å². The molecule has 1 unspecified atom stereocenters. The van der Waals surface area contributed by atoms with E-state index in [1.807, 2.05) is 19.3 Å². The fourth-order valence-corrected chi connectivity index (χ4v) is 1.75. The van der Waals surface area contributed by atoms with Crippen LogP contribution < -0.4 is 0 Å². The summed E-state index contributed by atoms with van der Waals surface area (Å²) in [5.74, 6) is 0.237. The van der Waals surface area contributed by atoms with Gasteiger partial charge in [0.1, 0.15) is 6.79 Å². The van der Waals surface area contributed by atoms with Crippen LogP contribution in [-0.2, 0) is 14.2 Å². The van der Waals surface area contributed by atoms with Crippen molar-refractivity contribution in [3.8, 4) is 0 Å². The second kappa shape index (κ2) is 11.2. The minimum atomic E-state index is 0.0557. The van der Waals surface area contributed by atoms with Crippen molar-refractivity contribution < 1.29 is 14.2 Å². The largest absolute Gasteiger partial charge is 0.382 e. The Bertz CT molecular complexity index is 222. The van der Waals surface area contributed by atoms with Gasteiger partial charge >= 0.3 is 0 Å². The molecule has 0 aliphatic rings. The Morgan fingerprint density at radius 2 is 2.18 bits per heavy atom. The highest BCUT2D eigenvalue weighted by Gasteiger charge is 2.16. The SMILES string of the molecule is C=CC(CC(=S)SC)[C@H](C)OCOCCOC. The minimum absolute atomic E-state index is 0.0557. The summed E-state index contributed by atoms with van der Waals surface area (Å²) in [4.78, 5) is 0. The Balaban J connectivity index is 3.79. The standard InChI is InChI=1S/C12H22O3S2/c1-5-11(8-12(16)17-4)10(2)15-9-14-7-6-13-3/h5,10-11H,1,6-9H2,2-4H3/t10-,11?/m0/s1. The van der Waals surface area contributed by atoms with Crippen LogP contribution in [0.3, 0.4) is 0 Å². The zero-order valence-corrected chi connectivity index (χ0v) is 12.4. The van der Waals surface area contributed by atoms with Crippen LogP contribution in [-0.4, -0.2) is 43.7 Å². The number of ether oxygens (including phenoxy) is 3. The smallest absolute Gasteiger partial charge is 0.147 e. The van der Waals surface area contributed by atoms with Crippen molar-refractivity contribution in [1.82, 2.24) is 0 Å². The van der Waals surface area contributed by atoms with Gasteiger partial charge in [0.25, 0.3) is 0 Å². The lowest BCUT2D eigenvalue weighted by atomic mass is 10.0. The van der Waals surface area contributed by atoms with Crippen molar-refractivity contribution in [1.29, 1.82) is 0 Å². The lowest BCUT2D eigenvalue weighted by Gasteiger charge is -2.21. The van der Waals surface area contributed by atoms with E-state index in [1.165, 1.54) is 0 Å². The molecule has 0 radical (unpaired) electrons. The highest BCUT2D eigenvalue weighted by atomic mass is 32.2. The van der Waals surface area contributed by atoms with Crippen LogP contribution in [0.15, 0.2) is 12.7 Å². The van der Waals surface area contributed by atoms with Crippen LogP contribution in [0.2, 0.25) is 0 Å². The minimum Gasteiger partial charge on any atom is -0.382 e. The number of hydrogen-bond donors (Lipinski definition) is 0. The summed E-state index contributed by atoms with van der Waals surface area (Å²) >= 11 is 6.80. The van der Waals surface area contributed by atoms with Gasteiger partial charge in [0.15, 0.2) is 0 Å². The average Bonchev–Trinajstić information content (AvgIpc) is 2.34. The van der Waals surface area contributed by atoms with Crippen molar-refractivity contribution in [2.75, 3.05) is 33.4 Å².